The molecule has 0 atom stereocenters. The zero-order chi connectivity index (χ0) is 18.4. The number of carbonyl (C=O) groups excluding carboxylic acids is 2. The molecule has 25 heavy (non-hydrogen) atoms. The zero-order valence-corrected chi connectivity index (χ0v) is 15.0. The van der Waals surface area contributed by atoms with Crippen molar-refractivity contribution in [3.05, 3.63) is 41.2 Å². The van der Waals surface area contributed by atoms with Gasteiger partial charge >= 0.3 is 6.03 Å². The van der Waals surface area contributed by atoms with Gasteiger partial charge in [-0.3, -0.25) is 4.79 Å². The maximum atomic E-state index is 12.6. The molecule has 1 heterocycles. The van der Waals surface area contributed by atoms with Crippen LogP contribution in [0.4, 0.5) is 16.3 Å². The topological polar surface area (TPSA) is 87.5 Å². The summed E-state index contributed by atoms with van der Waals surface area (Å²) in [5.74, 6) is 0.626. The maximum absolute atomic E-state index is 12.6. The van der Waals surface area contributed by atoms with Gasteiger partial charge in [0.15, 0.2) is 5.82 Å². The van der Waals surface area contributed by atoms with Crippen molar-refractivity contribution in [2.45, 2.75) is 34.1 Å². The van der Waals surface area contributed by atoms with Gasteiger partial charge in [-0.25, -0.2) is 4.79 Å². The summed E-state index contributed by atoms with van der Waals surface area (Å²) >= 11 is 0. The number of hydrogen-bond donors (Lipinski definition) is 2. The van der Waals surface area contributed by atoms with Crippen molar-refractivity contribution in [1.29, 1.82) is 0 Å². The van der Waals surface area contributed by atoms with Gasteiger partial charge in [-0.1, -0.05) is 30.3 Å². The molecular formula is C18H24N4O3. The summed E-state index contributed by atoms with van der Waals surface area (Å²) in [6, 6.07) is 7.14. The second-order valence-electron chi connectivity index (χ2n) is 5.99. The Morgan fingerprint density at radius 2 is 1.84 bits per heavy atom. The Morgan fingerprint density at radius 3 is 2.40 bits per heavy atom. The van der Waals surface area contributed by atoms with Crippen molar-refractivity contribution in [3.8, 4) is 0 Å². The molecule has 2 N–H and O–H groups in total. The number of amides is 3. The van der Waals surface area contributed by atoms with Gasteiger partial charge in [-0.15, -0.1) is 0 Å². The summed E-state index contributed by atoms with van der Waals surface area (Å²) in [5, 5.41) is 9.26. The Hall–Kier alpha value is -2.83. The van der Waals surface area contributed by atoms with E-state index in [2.05, 4.69) is 15.8 Å². The van der Waals surface area contributed by atoms with Gasteiger partial charge in [-0.2, -0.15) is 0 Å². The quantitative estimate of drug-likeness (QED) is 0.840. The van der Waals surface area contributed by atoms with Crippen LogP contribution in [0.1, 0.15) is 30.2 Å². The molecule has 7 nitrogen and oxygen atoms in total. The van der Waals surface area contributed by atoms with Gasteiger partial charge in [-0.05, 0) is 38.3 Å². The number of nitrogens with one attached hydrogen (secondary N) is 2. The maximum Gasteiger partial charge on any atom is 0.322 e. The average Bonchev–Trinajstić information content (AvgIpc) is 2.95. The molecule has 0 aliphatic carbocycles. The molecule has 0 fully saturated rings. The molecule has 0 unspecified atom stereocenters. The van der Waals surface area contributed by atoms with Gasteiger partial charge in [0.2, 0.25) is 5.91 Å². The smallest absolute Gasteiger partial charge is 0.322 e. The lowest BCUT2D eigenvalue weighted by Gasteiger charge is -2.23. The van der Waals surface area contributed by atoms with E-state index in [0.717, 1.165) is 23.2 Å². The third kappa shape index (κ3) is 5.07. The van der Waals surface area contributed by atoms with E-state index in [1.165, 1.54) is 4.90 Å². The zero-order valence-electron chi connectivity index (χ0n) is 15.0. The number of rotatable bonds is 6. The number of carbonyl (C=O) groups is 2. The molecule has 1 aromatic carbocycles. The Bertz CT molecular complexity index is 734. The largest absolute Gasteiger partial charge is 0.360 e. The van der Waals surface area contributed by atoms with E-state index in [-0.39, 0.29) is 18.5 Å². The van der Waals surface area contributed by atoms with Gasteiger partial charge in [0, 0.05) is 18.3 Å². The SMILES string of the molecule is CCCN(CC(=O)Nc1cc(C)on1)C(=O)Nc1c(C)cccc1C. The van der Waals surface area contributed by atoms with Crippen molar-refractivity contribution >= 4 is 23.4 Å². The minimum absolute atomic E-state index is 0.0590. The number of anilines is 2. The number of aromatic nitrogens is 1. The summed E-state index contributed by atoms with van der Waals surface area (Å²) in [5.41, 5.74) is 2.74. The molecule has 134 valence electrons. The fraction of sp³-hybridized carbons (Fsp3) is 0.389. The average molecular weight is 344 g/mol. The number of urea groups is 1. The highest BCUT2D eigenvalue weighted by Gasteiger charge is 2.18. The normalized spacial score (nSPS) is 10.4. The fourth-order valence-corrected chi connectivity index (χ4v) is 2.50. The molecule has 3 amide bonds. The van der Waals surface area contributed by atoms with E-state index in [1.807, 2.05) is 39.0 Å². The third-order valence-electron chi connectivity index (χ3n) is 3.72. The molecule has 0 aliphatic rings. The molecule has 0 spiro atoms. The number of nitrogens with zero attached hydrogens (tertiary/aromatic N) is 2. The Kier molecular flexibility index (Phi) is 6.16. The number of hydrogen-bond acceptors (Lipinski definition) is 4. The lowest BCUT2D eigenvalue weighted by atomic mass is 10.1. The molecule has 0 aliphatic heterocycles. The van der Waals surface area contributed by atoms with Gasteiger partial charge in [0.1, 0.15) is 12.3 Å². The third-order valence-corrected chi connectivity index (χ3v) is 3.72. The number of para-hydroxylation sites is 1. The van der Waals surface area contributed by atoms with E-state index in [0.29, 0.717) is 18.1 Å². The van der Waals surface area contributed by atoms with E-state index >= 15 is 0 Å². The van der Waals surface area contributed by atoms with E-state index in [4.69, 9.17) is 4.52 Å². The fourth-order valence-electron chi connectivity index (χ4n) is 2.50. The van der Waals surface area contributed by atoms with Gasteiger partial charge in [0.25, 0.3) is 0 Å². The highest BCUT2D eigenvalue weighted by Crippen LogP contribution is 2.20. The van der Waals surface area contributed by atoms with E-state index < -0.39 is 0 Å². The first-order valence-corrected chi connectivity index (χ1v) is 8.26. The minimum atomic E-state index is -0.321. The van der Waals surface area contributed by atoms with Crippen LogP contribution in [0.2, 0.25) is 0 Å². The van der Waals surface area contributed by atoms with Crippen LogP contribution in [0.15, 0.2) is 28.8 Å². The Labute approximate surface area is 147 Å². The Balaban J connectivity index is 2.03. The second-order valence-corrected chi connectivity index (χ2v) is 5.99. The molecule has 0 bridgehead atoms. The van der Waals surface area contributed by atoms with Gasteiger partial charge < -0.3 is 20.1 Å². The molecule has 0 radical (unpaired) electrons. The van der Waals surface area contributed by atoms with Gasteiger partial charge in [0.05, 0.1) is 0 Å². The molecular weight excluding hydrogens is 320 g/mol. The van der Waals surface area contributed by atoms with Crippen LogP contribution in [0, 0.1) is 20.8 Å². The standard InChI is InChI=1S/C18H24N4O3/c1-5-9-22(11-16(23)19-15-10-14(4)25-21-15)18(24)20-17-12(2)7-6-8-13(17)3/h6-8,10H,5,9,11H2,1-4H3,(H,20,24)(H,19,21,23). The first-order valence-electron chi connectivity index (χ1n) is 8.26. The molecule has 7 heteroatoms. The predicted octanol–water partition coefficient (Wildman–Crippen LogP) is 3.48. The minimum Gasteiger partial charge on any atom is -0.360 e. The van der Waals surface area contributed by atoms with E-state index in [1.54, 1.807) is 13.0 Å². The van der Waals surface area contributed by atoms with Crippen molar-refractivity contribution in [1.82, 2.24) is 10.1 Å². The van der Waals surface area contributed by atoms with Crippen LogP contribution < -0.4 is 10.6 Å². The van der Waals surface area contributed by atoms with Crippen molar-refractivity contribution in [2.24, 2.45) is 0 Å². The summed E-state index contributed by atoms with van der Waals surface area (Å²) in [7, 11) is 0. The molecule has 2 aromatic rings. The summed E-state index contributed by atoms with van der Waals surface area (Å²) in [4.78, 5) is 26.3. The predicted molar refractivity (Wildman–Crippen MR) is 96.7 cm³/mol. The molecule has 2 rings (SSSR count). The van der Waals surface area contributed by atoms with Crippen LogP contribution >= 0.6 is 0 Å². The first kappa shape index (κ1) is 18.5. The molecule has 1 aromatic heterocycles. The summed E-state index contributed by atoms with van der Waals surface area (Å²) < 4.78 is 4.91. The van der Waals surface area contributed by atoms with Crippen LogP contribution in [-0.2, 0) is 4.79 Å². The lowest BCUT2D eigenvalue weighted by molar-refractivity contribution is -0.116. The van der Waals surface area contributed by atoms with Crippen molar-refractivity contribution in [2.75, 3.05) is 23.7 Å². The Morgan fingerprint density at radius 1 is 1.16 bits per heavy atom. The van der Waals surface area contributed by atoms with Crippen LogP contribution in [-0.4, -0.2) is 35.1 Å². The van der Waals surface area contributed by atoms with Crippen LogP contribution in [0.5, 0.6) is 0 Å². The first-order chi connectivity index (χ1) is 11.9. The van der Waals surface area contributed by atoms with Crippen LogP contribution in [0.3, 0.4) is 0 Å². The second kappa shape index (κ2) is 8.32. The summed E-state index contributed by atoms with van der Waals surface area (Å²) in [6.07, 6.45) is 0.747. The number of aryl methyl sites for hydroxylation is 3. The van der Waals surface area contributed by atoms with Crippen molar-refractivity contribution in [3.63, 3.8) is 0 Å². The van der Waals surface area contributed by atoms with Crippen molar-refractivity contribution < 1.29 is 14.1 Å². The highest BCUT2D eigenvalue weighted by atomic mass is 16.5. The summed E-state index contributed by atoms with van der Waals surface area (Å²) in [6.45, 7) is 7.99. The van der Waals surface area contributed by atoms with Crippen LogP contribution in [0.25, 0.3) is 0 Å². The number of benzene rings is 1. The monoisotopic (exact) mass is 344 g/mol. The van der Waals surface area contributed by atoms with E-state index in [9.17, 15) is 9.59 Å². The molecule has 0 saturated heterocycles. The highest BCUT2D eigenvalue weighted by molar-refractivity contribution is 5.97. The lowest BCUT2D eigenvalue weighted by Crippen LogP contribution is -2.41. The molecule has 0 saturated carbocycles.